The predicted octanol–water partition coefficient (Wildman–Crippen LogP) is 0.605. The van der Waals surface area contributed by atoms with Crippen LogP contribution in [0.3, 0.4) is 0 Å². The molecule has 1 atom stereocenters. The molecule has 0 saturated carbocycles. The topological polar surface area (TPSA) is 54.3 Å². The standard InChI is InChI=1S/C10H14N2O2/c1-6-5-7-3-4-11-8(10(13)14)9(7)12(6)2/h5,8,11H,3-4H2,1-2H3,(H,13,14). The second-order valence-corrected chi connectivity index (χ2v) is 3.73. The molecule has 0 aromatic carbocycles. The van der Waals surface area contributed by atoms with Crippen molar-refractivity contribution in [3.05, 3.63) is 23.0 Å². The number of aromatic nitrogens is 1. The summed E-state index contributed by atoms with van der Waals surface area (Å²) in [6.07, 6.45) is 0.917. The van der Waals surface area contributed by atoms with Gasteiger partial charge in [-0.25, -0.2) is 0 Å². The van der Waals surface area contributed by atoms with Crippen LogP contribution in [0.25, 0.3) is 0 Å². The molecule has 76 valence electrons. The smallest absolute Gasteiger partial charge is 0.326 e. The van der Waals surface area contributed by atoms with Crippen molar-refractivity contribution in [3.63, 3.8) is 0 Å². The van der Waals surface area contributed by atoms with Gasteiger partial charge >= 0.3 is 5.97 Å². The molecule has 0 radical (unpaired) electrons. The van der Waals surface area contributed by atoms with Crippen LogP contribution in [0, 0.1) is 6.92 Å². The quantitative estimate of drug-likeness (QED) is 0.688. The van der Waals surface area contributed by atoms with Gasteiger partial charge in [-0.3, -0.25) is 10.1 Å². The lowest BCUT2D eigenvalue weighted by Crippen LogP contribution is -2.36. The first-order valence-corrected chi connectivity index (χ1v) is 4.72. The summed E-state index contributed by atoms with van der Waals surface area (Å²) in [5.41, 5.74) is 3.18. The summed E-state index contributed by atoms with van der Waals surface area (Å²) in [6, 6.07) is 1.53. The molecule has 0 aliphatic carbocycles. The number of carbonyl (C=O) groups is 1. The summed E-state index contributed by atoms with van der Waals surface area (Å²) in [6.45, 7) is 2.74. The van der Waals surface area contributed by atoms with E-state index < -0.39 is 12.0 Å². The molecular formula is C10H14N2O2. The van der Waals surface area contributed by atoms with Crippen molar-refractivity contribution in [2.75, 3.05) is 6.54 Å². The van der Waals surface area contributed by atoms with E-state index in [0.29, 0.717) is 0 Å². The molecule has 0 amide bonds. The average Bonchev–Trinajstić information content (AvgIpc) is 2.43. The Balaban J connectivity index is 2.52. The first-order chi connectivity index (χ1) is 6.61. The molecule has 2 N–H and O–H groups in total. The number of fused-ring (bicyclic) bond motifs is 1. The summed E-state index contributed by atoms with van der Waals surface area (Å²) in [5.74, 6) is -0.799. The van der Waals surface area contributed by atoms with E-state index in [2.05, 4.69) is 11.4 Å². The van der Waals surface area contributed by atoms with E-state index in [0.717, 1.165) is 29.9 Å². The summed E-state index contributed by atoms with van der Waals surface area (Å²) in [7, 11) is 1.91. The van der Waals surface area contributed by atoms with E-state index in [1.54, 1.807) is 0 Å². The van der Waals surface area contributed by atoms with Crippen molar-refractivity contribution in [1.29, 1.82) is 0 Å². The lowest BCUT2D eigenvalue weighted by molar-refractivity contribution is -0.140. The second-order valence-electron chi connectivity index (χ2n) is 3.73. The molecule has 1 unspecified atom stereocenters. The molecule has 1 aromatic rings. The van der Waals surface area contributed by atoms with Gasteiger partial charge in [0.25, 0.3) is 0 Å². The molecule has 4 heteroatoms. The van der Waals surface area contributed by atoms with Crippen LogP contribution in [-0.2, 0) is 18.3 Å². The van der Waals surface area contributed by atoms with Crippen LogP contribution in [0.2, 0.25) is 0 Å². The average molecular weight is 194 g/mol. The normalized spacial score (nSPS) is 20.6. The van der Waals surface area contributed by atoms with Crippen LogP contribution in [0.5, 0.6) is 0 Å². The van der Waals surface area contributed by atoms with Gasteiger partial charge in [-0.05, 0) is 25.0 Å². The van der Waals surface area contributed by atoms with Crippen molar-refractivity contribution in [2.24, 2.45) is 7.05 Å². The molecule has 0 spiro atoms. The van der Waals surface area contributed by atoms with E-state index in [1.807, 2.05) is 18.5 Å². The lowest BCUT2D eigenvalue weighted by Gasteiger charge is -2.22. The van der Waals surface area contributed by atoms with E-state index in [-0.39, 0.29) is 0 Å². The number of hydrogen-bond donors (Lipinski definition) is 2. The number of aliphatic carboxylic acids is 1. The maximum Gasteiger partial charge on any atom is 0.326 e. The first kappa shape index (κ1) is 9.27. The van der Waals surface area contributed by atoms with Crippen molar-refractivity contribution in [3.8, 4) is 0 Å². The Hall–Kier alpha value is -1.29. The third kappa shape index (κ3) is 1.23. The molecule has 1 aromatic heterocycles. The summed E-state index contributed by atoms with van der Waals surface area (Å²) in [5, 5.41) is 12.1. The van der Waals surface area contributed by atoms with Crippen LogP contribution >= 0.6 is 0 Å². The Morgan fingerprint density at radius 1 is 1.71 bits per heavy atom. The van der Waals surface area contributed by atoms with Crippen molar-refractivity contribution >= 4 is 5.97 Å². The molecule has 1 aliphatic rings. The number of rotatable bonds is 1. The Kier molecular flexibility index (Phi) is 2.07. The van der Waals surface area contributed by atoms with Gasteiger partial charge in [0.05, 0.1) is 0 Å². The number of nitrogens with one attached hydrogen (secondary N) is 1. The minimum Gasteiger partial charge on any atom is -0.480 e. The summed E-state index contributed by atoms with van der Waals surface area (Å²) in [4.78, 5) is 11.0. The van der Waals surface area contributed by atoms with E-state index in [4.69, 9.17) is 5.11 Å². The van der Waals surface area contributed by atoms with Gasteiger partial charge in [-0.15, -0.1) is 0 Å². The molecule has 1 aliphatic heterocycles. The number of nitrogens with zero attached hydrogens (tertiary/aromatic N) is 1. The Labute approximate surface area is 82.5 Å². The highest BCUT2D eigenvalue weighted by Gasteiger charge is 2.28. The van der Waals surface area contributed by atoms with E-state index in [9.17, 15) is 4.79 Å². The molecule has 14 heavy (non-hydrogen) atoms. The summed E-state index contributed by atoms with van der Waals surface area (Å²) >= 11 is 0. The van der Waals surface area contributed by atoms with Crippen LogP contribution in [0.15, 0.2) is 6.07 Å². The van der Waals surface area contributed by atoms with Gasteiger partial charge in [-0.1, -0.05) is 0 Å². The fourth-order valence-electron chi connectivity index (χ4n) is 2.06. The molecule has 0 saturated heterocycles. The van der Waals surface area contributed by atoms with Crippen molar-refractivity contribution in [2.45, 2.75) is 19.4 Å². The van der Waals surface area contributed by atoms with Crippen molar-refractivity contribution < 1.29 is 9.90 Å². The highest BCUT2D eigenvalue weighted by Crippen LogP contribution is 2.25. The fourth-order valence-corrected chi connectivity index (χ4v) is 2.06. The maximum absolute atomic E-state index is 11.0. The molecule has 2 heterocycles. The highest BCUT2D eigenvalue weighted by molar-refractivity contribution is 5.76. The van der Waals surface area contributed by atoms with E-state index in [1.165, 1.54) is 0 Å². The number of hydrogen-bond acceptors (Lipinski definition) is 2. The monoisotopic (exact) mass is 194 g/mol. The van der Waals surface area contributed by atoms with Crippen LogP contribution in [-0.4, -0.2) is 22.2 Å². The number of aryl methyl sites for hydroxylation is 1. The number of carboxylic acid groups (broad SMARTS) is 1. The number of carboxylic acids is 1. The Morgan fingerprint density at radius 2 is 2.43 bits per heavy atom. The van der Waals surface area contributed by atoms with Gasteiger partial charge in [-0.2, -0.15) is 0 Å². The van der Waals surface area contributed by atoms with Gasteiger partial charge in [0.2, 0.25) is 0 Å². The zero-order valence-corrected chi connectivity index (χ0v) is 8.37. The third-order valence-corrected chi connectivity index (χ3v) is 2.87. The zero-order chi connectivity index (χ0) is 10.3. The van der Waals surface area contributed by atoms with Crippen LogP contribution in [0.4, 0.5) is 0 Å². The lowest BCUT2D eigenvalue weighted by atomic mass is 10.0. The molecule has 0 fully saturated rings. The Morgan fingerprint density at radius 3 is 3.07 bits per heavy atom. The first-order valence-electron chi connectivity index (χ1n) is 4.72. The Bertz CT molecular complexity index is 382. The molecule has 4 nitrogen and oxygen atoms in total. The predicted molar refractivity (Wildman–Crippen MR) is 52.2 cm³/mol. The fraction of sp³-hybridized carbons (Fsp3) is 0.500. The largest absolute Gasteiger partial charge is 0.480 e. The van der Waals surface area contributed by atoms with Gasteiger partial charge in [0.15, 0.2) is 0 Å². The SMILES string of the molecule is Cc1cc2c(n1C)C(C(=O)O)NCC2. The van der Waals surface area contributed by atoms with Gasteiger partial charge < -0.3 is 9.67 Å². The van der Waals surface area contributed by atoms with Gasteiger partial charge in [0, 0.05) is 25.0 Å². The van der Waals surface area contributed by atoms with Crippen molar-refractivity contribution in [1.82, 2.24) is 9.88 Å². The minimum absolute atomic E-state index is 0.544. The molecule has 0 bridgehead atoms. The van der Waals surface area contributed by atoms with Crippen LogP contribution in [0.1, 0.15) is 23.0 Å². The van der Waals surface area contributed by atoms with E-state index >= 15 is 0 Å². The van der Waals surface area contributed by atoms with Crippen LogP contribution < -0.4 is 5.32 Å². The summed E-state index contributed by atoms with van der Waals surface area (Å²) < 4.78 is 1.96. The third-order valence-electron chi connectivity index (χ3n) is 2.87. The zero-order valence-electron chi connectivity index (χ0n) is 8.37. The minimum atomic E-state index is -0.799. The highest BCUT2D eigenvalue weighted by atomic mass is 16.4. The molecule has 2 rings (SSSR count). The van der Waals surface area contributed by atoms with Gasteiger partial charge in [0.1, 0.15) is 6.04 Å². The molecular weight excluding hydrogens is 180 g/mol. The second kappa shape index (κ2) is 3.13. The maximum atomic E-state index is 11.0.